The summed E-state index contributed by atoms with van der Waals surface area (Å²) in [4.78, 5) is 10.3. The molecule has 0 heterocycles. The van der Waals surface area contributed by atoms with E-state index in [0.29, 0.717) is 10.6 Å². The maximum atomic E-state index is 12.9. The van der Waals surface area contributed by atoms with Crippen molar-refractivity contribution in [2.75, 3.05) is 6.61 Å². The third kappa shape index (κ3) is 5.38. The van der Waals surface area contributed by atoms with Crippen molar-refractivity contribution in [2.24, 2.45) is 0 Å². The zero-order valence-electron chi connectivity index (χ0n) is 16.1. The van der Waals surface area contributed by atoms with E-state index in [1.54, 1.807) is 61.5 Å². The van der Waals surface area contributed by atoms with Gasteiger partial charge in [0.1, 0.15) is 5.78 Å². The van der Waals surface area contributed by atoms with E-state index in [9.17, 15) is 17.9 Å². The molecule has 6 nitrogen and oxygen atoms in total. The lowest BCUT2D eigenvalue weighted by atomic mass is 10.1. The van der Waals surface area contributed by atoms with Crippen molar-refractivity contribution >= 4 is 29.2 Å². The van der Waals surface area contributed by atoms with Gasteiger partial charge in [-0.2, -0.15) is 4.72 Å². The van der Waals surface area contributed by atoms with Crippen molar-refractivity contribution < 1.29 is 22.4 Å². The summed E-state index contributed by atoms with van der Waals surface area (Å²) in [7, 11) is -8.40. The van der Waals surface area contributed by atoms with Gasteiger partial charge in [0, 0.05) is 5.02 Å². The molecule has 2 atom stereocenters. The predicted octanol–water partition coefficient (Wildman–Crippen LogP) is 5.21. The van der Waals surface area contributed by atoms with Crippen LogP contribution in [0.3, 0.4) is 0 Å². The Labute approximate surface area is 181 Å². The molecular formula is C21H21ClNO5PS. The van der Waals surface area contributed by atoms with Gasteiger partial charge in [0.25, 0.3) is 0 Å². The van der Waals surface area contributed by atoms with Gasteiger partial charge in [0.2, 0.25) is 10.0 Å². The first-order valence-corrected chi connectivity index (χ1v) is 12.6. The number of halogens is 1. The highest BCUT2D eigenvalue weighted by molar-refractivity contribution is 7.89. The Morgan fingerprint density at radius 3 is 2.03 bits per heavy atom. The van der Waals surface area contributed by atoms with E-state index in [1.165, 1.54) is 12.1 Å². The van der Waals surface area contributed by atoms with Gasteiger partial charge in [0.15, 0.2) is 0 Å². The molecule has 0 fully saturated rings. The Balaban J connectivity index is 1.91. The molecule has 0 aliphatic rings. The summed E-state index contributed by atoms with van der Waals surface area (Å²) in [6, 6.07) is 21.6. The van der Waals surface area contributed by atoms with E-state index in [1.807, 2.05) is 12.1 Å². The van der Waals surface area contributed by atoms with Crippen LogP contribution in [0.2, 0.25) is 5.02 Å². The maximum absolute atomic E-state index is 12.9. The number of hydrogen-bond acceptors (Lipinski definition) is 4. The fourth-order valence-electron chi connectivity index (χ4n) is 2.90. The van der Waals surface area contributed by atoms with Gasteiger partial charge in [-0.1, -0.05) is 66.2 Å². The van der Waals surface area contributed by atoms with Crippen LogP contribution in [0.4, 0.5) is 0 Å². The van der Waals surface area contributed by atoms with Crippen LogP contribution in [0.5, 0.6) is 0 Å². The highest BCUT2D eigenvalue weighted by Crippen LogP contribution is 2.55. The van der Waals surface area contributed by atoms with Crippen LogP contribution in [0.25, 0.3) is 11.1 Å². The number of nitrogens with one attached hydrogen (secondary N) is 1. The minimum Gasteiger partial charge on any atom is -0.323 e. The Bertz CT molecular complexity index is 1140. The summed E-state index contributed by atoms with van der Waals surface area (Å²) in [5.41, 5.74) is 2.03. The molecule has 0 amide bonds. The highest BCUT2D eigenvalue weighted by Gasteiger charge is 2.37. The average Bonchev–Trinajstić information content (AvgIpc) is 2.73. The van der Waals surface area contributed by atoms with E-state index in [2.05, 4.69) is 4.72 Å². The fourth-order valence-corrected chi connectivity index (χ4v) is 6.11. The molecule has 3 aromatic carbocycles. The van der Waals surface area contributed by atoms with Gasteiger partial charge < -0.3 is 9.42 Å². The maximum Gasteiger partial charge on any atom is 0.350 e. The van der Waals surface area contributed by atoms with Crippen molar-refractivity contribution in [3.8, 4) is 11.1 Å². The Kier molecular flexibility index (Phi) is 7.14. The van der Waals surface area contributed by atoms with Gasteiger partial charge in [-0.05, 0) is 47.9 Å². The van der Waals surface area contributed by atoms with E-state index in [-0.39, 0.29) is 11.5 Å². The standard InChI is InChI=1S/C21H21ClNO5PS/c1-2-28-29(24,25)21(18-6-4-3-5-7-18)23-30(26,27)20-14-10-17(11-15-20)16-8-12-19(22)13-9-16/h3-15,21,23H,2H2,1H3,(H,24,25)/t21-/m1/s1. The molecule has 0 radical (unpaired) electrons. The Hall–Kier alpha value is -1.99. The SMILES string of the molecule is CCOP(=O)(O)[C@@H](NS(=O)(=O)c1ccc(-c2ccc(Cl)cc2)cc1)c1ccccc1. The van der Waals surface area contributed by atoms with Crippen LogP contribution < -0.4 is 4.72 Å². The molecule has 9 heteroatoms. The molecular weight excluding hydrogens is 445 g/mol. The molecule has 3 rings (SSSR count). The molecule has 0 aromatic heterocycles. The average molecular weight is 466 g/mol. The molecule has 2 N–H and O–H groups in total. The summed E-state index contributed by atoms with van der Waals surface area (Å²) in [6.45, 7) is 1.53. The summed E-state index contributed by atoms with van der Waals surface area (Å²) >= 11 is 5.90. The van der Waals surface area contributed by atoms with Crippen LogP contribution in [0, 0.1) is 0 Å². The molecule has 0 saturated carbocycles. The third-order valence-electron chi connectivity index (χ3n) is 4.36. The first-order valence-electron chi connectivity index (χ1n) is 9.13. The summed E-state index contributed by atoms with van der Waals surface area (Å²) in [5.74, 6) is -1.43. The zero-order chi connectivity index (χ0) is 21.8. The topological polar surface area (TPSA) is 92.7 Å². The second kappa shape index (κ2) is 9.43. The first kappa shape index (κ1) is 22.7. The highest BCUT2D eigenvalue weighted by atomic mass is 35.5. The van der Waals surface area contributed by atoms with Crippen molar-refractivity contribution in [3.05, 3.63) is 89.4 Å². The van der Waals surface area contributed by atoms with E-state index in [4.69, 9.17) is 16.1 Å². The third-order valence-corrected chi connectivity index (χ3v) is 7.94. The van der Waals surface area contributed by atoms with Crippen LogP contribution in [0.1, 0.15) is 18.3 Å². The van der Waals surface area contributed by atoms with Crippen molar-refractivity contribution in [3.63, 3.8) is 0 Å². The van der Waals surface area contributed by atoms with Gasteiger partial charge >= 0.3 is 7.60 Å². The van der Waals surface area contributed by atoms with Crippen molar-refractivity contribution in [2.45, 2.75) is 17.6 Å². The van der Waals surface area contributed by atoms with Gasteiger partial charge in [-0.15, -0.1) is 0 Å². The quantitative estimate of drug-likeness (QED) is 0.446. The number of hydrogen-bond donors (Lipinski definition) is 2. The minimum atomic E-state index is -4.31. The monoisotopic (exact) mass is 465 g/mol. The van der Waals surface area contributed by atoms with Crippen molar-refractivity contribution in [1.82, 2.24) is 4.72 Å². The molecule has 0 saturated heterocycles. The second-order valence-corrected chi connectivity index (χ2v) is 10.5. The van der Waals surface area contributed by atoms with E-state index < -0.39 is 23.4 Å². The lowest BCUT2D eigenvalue weighted by molar-refractivity contribution is 0.262. The summed E-state index contributed by atoms with van der Waals surface area (Å²) < 4.78 is 45.9. The van der Waals surface area contributed by atoms with Gasteiger partial charge in [-0.3, -0.25) is 4.57 Å². The molecule has 0 aliphatic carbocycles. The van der Waals surface area contributed by atoms with Crippen LogP contribution in [-0.2, 0) is 19.1 Å². The largest absolute Gasteiger partial charge is 0.350 e. The Morgan fingerprint density at radius 2 is 1.50 bits per heavy atom. The summed E-state index contributed by atoms with van der Waals surface area (Å²) in [6.07, 6.45) is 0. The first-order chi connectivity index (χ1) is 14.2. The van der Waals surface area contributed by atoms with Gasteiger partial charge in [-0.25, -0.2) is 8.42 Å². The van der Waals surface area contributed by atoms with E-state index in [0.717, 1.165) is 11.1 Å². The van der Waals surface area contributed by atoms with Crippen molar-refractivity contribution in [1.29, 1.82) is 0 Å². The fraction of sp³-hybridized carbons (Fsp3) is 0.143. The lowest BCUT2D eigenvalue weighted by Gasteiger charge is -2.23. The van der Waals surface area contributed by atoms with E-state index >= 15 is 0 Å². The smallest absolute Gasteiger partial charge is 0.323 e. The number of sulfonamides is 1. The molecule has 158 valence electrons. The number of benzene rings is 3. The molecule has 1 unspecified atom stereocenters. The molecule has 0 aliphatic heterocycles. The predicted molar refractivity (Wildman–Crippen MR) is 118 cm³/mol. The molecule has 0 bridgehead atoms. The van der Waals surface area contributed by atoms with Crippen LogP contribution in [0.15, 0.2) is 83.8 Å². The normalized spacial score (nSPS) is 14.8. The zero-order valence-corrected chi connectivity index (χ0v) is 18.6. The molecule has 3 aromatic rings. The van der Waals surface area contributed by atoms with Crippen LogP contribution in [-0.4, -0.2) is 19.9 Å². The van der Waals surface area contributed by atoms with Crippen LogP contribution >= 0.6 is 19.2 Å². The Morgan fingerprint density at radius 1 is 0.967 bits per heavy atom. The second-order valence-electron chi connectivity index (χ2n) is 6.45. The summed E-state index contributed by atoms with van der Waals surface area (Å²) in [5, 5.41) is 0.608. The lowest BCUT2D eigenvalue weighted by Crippen LogP contribution is -2.29. The molecule has 30 heavy (non-hydrogen) atoms. The number of rotatable bonds is 8. The minimum absolute atomic E-state index is 0.0300. The molecule has 0 spiro atoms. The van der Waals surface area contributed by atoms with Gasteiger partial charge in [0.05, 0.1) is 11.5 Å².